The summed E-state index contributed by atoms with van der Waals surface area (Å²) in [6.07, 6.45) is 3.19. The average Bonchev–Trinajstić information content (AvgIpc) is 3.31. The summed E-state index contributed by atoms with van der Waals surface area (Å²) in [5, 5.41) is 0. The lowest BCUT2D eigenvalue weighted by molar-refractivity contribution is -0.141. The van der Waals surface area contributed by atoms with Crippen molar-refractivity contribution in [1.82, 2.24) is 14.4 Å². The number of methoxy groups -OCH3 is 1. The summed E-state index contributed by atoms with van der Waals surface area (Å²) in [6.45, 7) is 7.02. The first-order valence-electron chi connectivity index (χ1n) is 12.7. The van der Waals surface area contributed by atoms with E-state index < -0.39 is 0 Å². The lowest BCUT2D eigenvalue weighted by atomic mass is 10.1. The van der Waals surface area contributed by atoms with Crippen LogP contribution in [0.15, 0.2) is 79.0 Å². The first-order valence-corrected chi connectivity index (χ1v) is 12.7. The predicted octanol–water partition coefficient (Wildman–Crippen LogP) is 4.63. The quantitative estimate of drug-likeness (QED) is 0.332. The van der Waals surface area contributed by atoms with Crippen LogP contribution in [0.5, 0.6) is 0 Å². The molecule has 1 aromatic heterocycles. The van der Waals surface area contributed by atoms with Crippen molar-refractivity contribution in [3.63, 3.8) is 0 Å². The van der Waals surface area contributed by atoms with Crippen LogP contribution in [-0.4, -0.2) is 59.5 Å². The maximum Gasteiger partial charge on any atom is 0.242 e. The van der Waals surface area contributed by atoms with Gasteiger partial charge in [-0.25, -0.2) is 0 Å². The SMILES string of the molecule is COCCN(Cc1cccn1Cc1ccccc1)C(=O)CN(CCC(C)C)C(=O)Cc1ccccc1. The highest BCUT2D eigenvalue weighted by Gasteiger charge is 2.22. The number of hydrogen-bond donors (Lipinski definition) is 0. The van der Waals surface area contributed by atoms with Gasteiger partial charge in [0.25, 0.3) is 0 Å². The van der Waals surface area contributed by atoms with Gasteiger partial charge in [0.1, 0.15) is 0 Å². The van der Waals surface area contributed by atoms with Gasteiger partial charge in [0.2, 0.25) is 11.8 Å². The minimum atomic E-state index is -0.0651. The van der Waals surface area contributed by atoms with E-state index in [1.807, 2.05) is 66.9 Å². The molecule has 3 aromatic rings. The molecule has 0 unspecified atom stereocenters. The van der Waals surface area contributed by atoms with Crippen molar-refractivity contribution < 1.29 is 14.3 Å². The van der Waals surface area contributed by atoms with Crippen LogP contribution in [-0.2, 0) is 33.8 Å². The van der Waals surface area contributed by atoms with Gasteiger partial charge in [0.05, 0.1) is 26.1 Å². The highest BCUT2D eigenvalue weighted by atomic mass is 16.5. The highest BCUT2D eigenvalue weighted by molar-refractivity contribution is 5.86. The zero-order chi connectivity index (χ0) is 25.8. The Balaban J connectivity index is 1.72. The predicted molar refractivity (Wildman–Crippen MR) is 143 cm³/mol. The van der Waals surface area contributed by atoms with E-state index in [1.54, 1.807) is 16.9 Å². The largest absolute Gasteiger partial charge is 0.383 e. The van der Waals surface area contributed by atoms with E-state index in [4.69, 9.17) is 4.74 Å². The number of carbonyl (C=O) groups excluding carboxylic acids is 2. The maximum atomic E-state index is 13.5. The summed E-state index contributed by atoms with van der Waals surface area (Å²) in [5.74, 6) is 0.358. The Hall–Kier alpha value is -3.38. The molecule has 6 nitrogen and oxygen atoms in total. The van der Waals surface area contributed by atoms with Crippen LogP contribution in [0.3, 0.4) is 0 Å². The van der Waals surface area contributed by atoms with E-state index in [0.717, 1.165) is 24.2 Å². The molecule has 0 aliphatic rings. The van der Waals surface area contributed by atoms with E-state index in [9.17, 15) is 9.59 Å². The molecule has 0 aliphatic heterocycles. The molecule has 0 saturated carbocycles. The third-order valence-electron chi connectivity index (χ3n) is 6.24. The van der Waals surface area contributed by atoms with Crippen LogP contribution in [0.25, 0.3) is 0 Å². The molecule has 6 heteroatoms. The van der Waals surface area contributed by atoms with E-state index in [1.165, 1.54) is 5.56 Å². The summed E-state index contributed by atoms with van der Waals surface area (Å²) in [7, 11) is 1.64. The summed E-state index contributed by atoms with van der Waals surface area (Å²) in [4.78, 5) is 30.2. The lowest BCUT2D eigenvalue weighted by Crippen LogP contribution is -2.45. The third kappa shape index (κ3) is 8.68. The smallest absolute Gasteiger partial charge is 0.242 e. The zero-order valence-corrected chi connectivity index (χ0v) is 21.8. The molecule has 0 spiro atoms. The lowest BCUT2D eigenvalue weighted by Gasteiger charge is -2.28. The van der Waals surface area contributed by atoms with E-state index in [-0.39, 0.29) is 18.4 Å². The van der Waals surface area contributed by atoms with E-state index in [0.29, 0.717) is 38.6 Å². The number of ether oxygens (including phenoxy) is 1. The fraction of sp³-hybridized carbons (Fsp3) is 0.400. The maximum absolute atomic E-state index is 13.5. The third-order valence-corrected chi connectivity index (χ3v) is 6.24. The second-order valence-corrected chi connectivity index (χ2v) is 9.58. The van der Waals surface area contributed by atoms with Gasteiger partial charge >= 0.3 is 0 Å². The molecule has 0 N–H and O–H groups in total. The summed E-state index contributed by atoms with van der Waals surface area (Å²) in [6, 6.07) is 24.0. The average molecular weight is 490 g/mol. The van der Waals surface area contributed by atoms with Gasteiger partial charge in [0, 0.05) is 38.6 Å². The van der Waals surface area contributed by atoms with Crippen LogP contribution in [0, 0.1) is 5.92 Å². The molecular weight excluding hydrogens is 450 g/mol. The molecule has 3 rings (SSSR count). The molecule has 36 heavy (non-hydrogen) atoms. The molecule has 0 atom stereocenters. The van der Waals surface area contributed by atoms with Crippen LogP contribution >= 0.6 is 0 Å². The van der Waals surface area contributed by atoms with Crippen LogP contribution < -0.4 is 0 Å². The van der Waals surface area contributed by atoms with E-state index in [2.05, 4.69) is 30.5 Å². The highest BCUT2D eigenvalue weighted by Crippen LogP contribution is 2.13. The number of amides is 2. The van der Waals surface area contributed by atoms with Crippen molar-refractivity contribution in [2.24, 2.45) is 5.92 Å². The van der Waals surface area contributed by atoms with Crippen LogP contribution in [0.4, 0.5) is 0 Å². The van der Waals surface area contributed by atoms with Crippen molar-refractivity contribution in [3.05, 3.63) is 95.8 Å². The van der Waals surface area contributed by atoms with Gasteiger partial charge in [-0.1, -0.05) is 74.5 Å². The van der Waals surface area contributed by atoms with Crippen molar-refractivity contribution in [3.8, 4) is 0 Å². The first kappa shape index (κ1) is 27.2. The molecule has 0 fully saturated rings. The standard InChI is InChI=1S/C30H39N3O3/c1-25(2)16-18-32(29(34)21-26-11-6-4-7-12-26)24-30(35)33(19-20-36-3)23-28-15-10-17-31(28)22-27-13-8-5-9-14-27/h4-15,17,25H,16,18-24H2,1-3H3. The number of hydrogen-bond acceptors (Lipinski definition) is 3. The van der Waals surface area contributed by atoms with Crippen molar-refractivity contribution in [1.29, 1.82) is 0 Å². The van der Waals surface area contributed by atoms with E-state index >= 15 is 0 Å². The Morgan fingerprint density at radius 3 is 2.14 bits per heavy atom. The summed E-state index contributed by atoms with van der Waals surface area (Å²) in [5.41, 5.74) is 3.21. The summed E-state index contributed by atoms with van der Waals surface area (Å²) < 4.78 is 7.46. The minimum Gasteiger partial charge on any atom is -0.383 e. The van der Waals surface area contributed by atoms with Crippen LogP contribution in [0.2, 0.25) is 0 Å². The fourth-order valence-corrected chi connectivity index (χ4v) is 4.07. The van der Waals surface area contributed by atoms with Gasteiger partial charge in [-0.2, -0.15) is 0 Å². The second kappa shape index (κ2) is 14.2. The minimum absolute atomic E-state index is 0.0191. The molecule has 0 radical (unpaired) electrons. The number of rotatable bonds is 14. The molecular formula is C30H39N3O3. The molecule has 2 amide bonds. The van der Waals surface area contributed by atoms with Gasteiger partial charge in [-0.05, 0) is 35.6 Å². The van der Waals surface area contributed by atoms with Crippen molar-refractivity contribution in [2.75, 3.05) is 33.4 Å². The zero-order valence-electron chi connectivity index (χ0n) is 21.8. The number of benzene rings is 2. The Labute approximate surface area is 215 Å². The van der Waals surface area contributed by atoms with Crippen LogP contribution in [0.1, 0.15) is 37.1 Å². The Bertz CT molecular complexity index is 1060. The van der Waals surface area contributed by atoms with Gasteiger partial charge in [-0.3, -0.25) is 9.59 Å². The summed E-state index contributed by atoms with van der Waals surface area (Å²) >= 11 is 0. The molecule has 0 saturated heterocycles. The van der Waals surface area contributed by atoms with Gasteiger partial charge in [-0.15, -0.1) is 0 Å². The Morgan fingerprint density at radius 1 is 0.833 bits per heavy atom. The van der Waals surface area contributed by atoms with Crippen molar-refractivity contribution >= 4 is 11.8 Å². The molecule has 1 heterocycles. The number of aromatic nitrogens is 1. The molecule has 0 aliphatic carbocycles. The molecule has 192 valence electrons. The fourth-order valence-electron chi connectivity index (χ4n) is 4.07. The first-order chi connectivity index (χ1) is 17.5. The van der Waals surface area contributed by atoms with Gasteiger partial charge < -0.3 is 19.1 Å². The van der Waals surface area contributed by atoms with Crippen molar-refractivity contribution in [2.45, 2.75) is 39.8 Å². The van der Waals surface area contributed by atoms with Gasteiger partial charge in [0.15, 0.2) is 0 Å². The monoisotopic (exact) mass is 489 g/mol. The number of carbonyl (C=O) groups is 2. The molecule has 2 aromatic carbocycles. The Kier molecular flexibility index (Phi) is 10.8. The number of nitrogens with zero attached hydrogens (tertiary/aromatic N) is 3. The second-order valence-electron chi connectivity index (χ2n) is 9.58. The topological polar surface area (TPSA) is 54.8 Å². The normalized spacial score (nSPS) is 11.0. The Morgan fingerprint density at radius 2 is 1.50 bits per heavy atom. The molecule has 0 bridgehead atoms.